The number of benzene rings is 1. The van der Waals surface area contributed by atoms with Gasteiger partial charge in [-0.3, -0.25) is 9.78 Å². The molecule has 1 aromatic carbocycles. The number of aromatic nitrogens is 5. The second kappa shape index (κ2) is 9.38. The van der Waals surface area contributed by atoms with Gasteiger partial charge in [0.2, 0.25) is 5.95 Å². The average Bonchev–Trinajstić information content (AvgIpc) is 3.12. The molecule has 0 saturated heterocycles. The first-order valence-electron chi connectivity index (χ1n) is 12.2. The van der Waals surface area contributed by atoms with E-state index >= 15 is 0 Å². The molecule has 0 unspecified atom stereocenters. The monoisotopic (exact) mass is 521 g/mol. The van der Waals surface area contributed by atoms with Crippen LogP contribution < -0.4 is 16.2 Å². The molecular weight excluding hydrogens is 490 g/mol. The van der Waals surface area contributed by atoms with Crippen molar-refractivity contribution >= 4 is 32.5 Å². The van der Waals surface area contributed by atoms with Crippen LogP contribution in [0.15, 0.2) is 47.5 Å². The lowest BCUT2D eigenvalue weighted by atomic mass is 9.91. The number of nitrogens with one attached hydrogen (secondary N) is 2. The Morgan fingerprint density at radius 1 is 1.11 bits per heavy atom. The predicted octanol–water partition coefficient (Wildman–Crippen LogP) is 2.71. The van der Waals surface area contributed by atoms with Gasteiger partial charge >= 0.3 is 0 Å². The summed E-state index contributed by atoms with van der Waals surface area (Å²) in [5, 5.41) is 6.95. The summed E-state index contributed by atoms with van der Waals surface area (Å²) < 4.78 is 27.0. The quantitative estimate of drug-likeness (QED) is 0.397. The Morgan fingerprint density at radius 2 is 1.92 bits per heavy atom. The molecule has 5 rings (SSSR count). The van der Waals surface area contributed by atoms with Crippen molar-refractivity contribution in [2.45, 2.75) is 45.7 Å². The highest BCUT2D eigenvalue weighted by atomic mass is 32.2. The number of hydrogen-bond donors (Lipinski definition) is 2. The molecule has 11 heteroatoms. The first-order chi connectivity index (χ1) is 17.5. The third-order valence-corrected chi connectivity index (χ3v) is 7.38. The molecule has 0 radical (unpaired) electrons. The van der Waals surface area contributed by atoms with E-state index in [0.29, 0.717) is 22.7 Å². The first-order valence-corrected chi connectivity index (χ1v) is 14.3. The van der Waals surface area contributed by atoms with Crippen molar-refractivity contribution in [2.24, 2.45) is 0 Å². The number of rotatable bonds is 6. The Kier molecular flexibility index (Phi) is 6.36. The van der Waals surface area contributed by atoms with E-state index in [9.17, 15) is 13.2 Å². The van der Waals surface area contributed by atoms with Crippen LogP contribution in [0.2, 0.25) is 0 Å². The summed E-state index contributed by atoms with van der Waals surface area (Å²) in [6.45, 7) is 7.94. The maximum Gasteiger partial charge on any atom is 0.278 e. The van der Waals surface area contributed by atoms with E-state index < -0.39 is 9.84 Å². The third kappa shape index (κ3) is 5.28. The molecule has 0 aliphatic carbocycles. The Hall–Kier alpha value is -3.57. The van der Waals surface area contributed by atoms with Crippen molar-refractivity contribution in [2.75, 3.05) is 23.9 Å². The summed E-state index contributed by atoms with van der Waals surface area (Å²) in [5.74, 6) is 0.164. The van der Waals surface area contributed by atoms with Gasteiger partial charge in [0.1, 0.15) is 15.2 Å². The molecule has 1 aliphatic heterocycles. The fourth-order valence-corrected chi connectivity index (χ4v) is 4.96. The normalized spacial score (nSPS) is 14.1. The maximum atomic E-state index is 13.4. The van der Waals surface area contributed by atoms with Crippen molar-refractivity contribution in [3.8, 4) is 5.69 Å². The zero-order valence-corrected chi connectivity index (χ0v) is 22.3. The molecule has 0 saturated carbocycles. The predicted molar refractivity (Wildman–Crippen MR) is 144 cm³/mol. The van der Waals surface area contributed by atoms with E-state index in [1.165, 1.54) is 22.0 Å². The molecule has 4 heterocycles. The topological polar surface area (TPSA) is 124 Å². The molecule has 0 amide bonds. The molecule has 3 aromatic heterocycles. The van der Waals surface area contributed by atoms with Gasteiger partial charge in [0.05, 0.1) is 18.0 Å². The van der Waals surface area contributed by atoms with Crippen molar-refractivity contribution in [3.63, 3.8) is 0 Å². The number of hydrogen-bond acceptors (Lipinski definition) is 8. The highest BCUT2D eigenvalue weighted by molar-refractivity contribution is 7.90. The lowest BCUT2D eigenvalue weighted by Crippen LogP contribution is -2.26. The molecule has 10 nitrogen and oxygen atoms in total. The van der Waals surface area contributed by atoms with Gasteiger partial charge in [0, 0.05) is 42.0 Å². The van der Waals surface area contributed by atoms with E-state index in [4.69, 9.17) is 4.98 Å². The second-order valence-electron chi connectivity index (χ2n) is 10.5. The van der Waals surface area contributed by atoms with Crippen molar-refractivity contribution in [1.29, 1.82) is 0 Å². The fraction of sp³-hybridized carbons (Fsp3) is 0.385. The zero-order valence-electron chi connectivity index (χ0n) is 21.4. The minimum absolute atomic E-state index is 0.0121. The van der Waals surface area contributed by atoms with Gasteiger partial charge in [-0.05, 0) is 48.4 Å². The van der Waals surface area contributed by atoms with Gasteiger partial charge in [-0.15, -0.1) is 0 Å². The molecule has 4 aromatic rings. The molecule has 0 fully saturated rings. The van der Waals surface area contributed by atoms with Crippen LogP contribution in [0, 0.1) is 0 Å². The SMILES string of the molecule is CC(C)(C)c1cc(-n2c3nc(Nc4ccc5c(c4)CNCC5)ncc3c(=O)n2CCS(C)(=O)=O)ccn1. The van der Waals surface area contributed by atoms with E-state index in [2.05, 4.69) is 53.5 Å². The van der Waals surface area contributed by atoms with Crippen LogP contribution >= 0.6 is 0 Å². The minimum atomic E-state index is -3.30. The Morgan fingerprint density at radius 3 is 2.68 bits per heavy atom. The number of pyridine rings is 1. The minimum Gasteiger partial charge on any atom is -0.324 e. The molecule has 37 heavy (non-hydrogen) atoms. The van der Waals surface area contributed by atoms with Gasteiger partial charge in [-0.25, -0.2) is 22.8 Å². The average molecular weight is 522 g/mol. The van der Waals surface area contributed by atoms with Gasteiger partial charge in [-0.2, -0.15) is 4.98 Å². The van der Waals surface area contributed by atoms with Gasteiger partial charge in [0.25, 0.3) is 5.56 Å². The van der Waals surface area contributed by atoms with E-state index in [-0.39, 0.29) is 23.3 Å². The van der Waals surface area contributed by atoms with E-state index in [0.717, 1.165) is 37.1 Å². The summed E-state index contributed by atoms with van der Waals surface area (Å²) in [6.07, 6.45) is 5.33. The van der Waals surface area contributed by atoms with Crippen LogP contribution in [-0.2, 0) is 34.8 Å². The summed E-state index contributed by atoms with van der Waals surface area (Å²) in [6, 6.07) is 9.89. The molecule has 194 valence electrons. The van der Waals surface area contributed by atoms with Crippen LogP contribution in [0.1, 0.15) is 37.6 Å². The molecular formula is C26H31N7O3S. The van der Waals surface area contributed by atoms with Crippen molar-refractivity contribution < 1.29 is 8.42 Å². The summed E-state index contributed by atoms with van der Waals surface area (Å²) in [7, 11) is -3.30. The molecule has 0 bridgehead atoms. The second-order valence-corrected chi connectivity index (χ2v) is 12.7. The number of fused-ring (bicyclic) bond motifs is 2. The zero-order chi connectivity index (χ0) is 26.4. The summed E-state index contributed by atoms with van der Waals surface area (Å²) in [5.41, 5.74) is 4.73. The first kappa shape index (κ1) is 25.1. The lowest BCUT2D eigenvalue weighted by Gasteiger charge is -2.19. The van der Waals surface area contributed by atoms with Gasteiger partial charge in [-0.1, -0.05) is 26.8 Å². The van der Waals surface area contributed by atoms with Crippen molar-refractivity contribution in [3.05, 3.63) is 69.9 Å². The van der Waals surface area contributed by atoms with Gasteiger partial charge < -0.3 is 10.6 Å². The van der Waals surface area contributed by atoms with Gasteiger partial charge in [0.15, 0.2) is 5.65 Å². The number of sulfone groups is 1. The van der Waals surface area contributed by atoms with Crippen LogP contribution in [0.25, 0.3) is 16.7 Å². The summed E-state index contributed by atoms with van der Waals surface area (Å²) >= 11 is 0. The number of anilines is 2. The highest BCUT2D eigenvalue weighted by Gasteiger charge is 2.21. The highest BCUT2D eigenvalue weighted by Crippen LogP contribution is 2.25. The van der Waals surface area contributed by atoms with Crippen LogP contribution in [0.3, 0.4) is 0 Å². The van der Waals surface area contributed by atoms with Crippen LogP contribution in [0.5, 0.6) is 0 Å². The van der Waals surface area contributed by atoms with E-state index in [1.54, 1.807) is 16.9 Å². The smallest absolute Gasteiger partial charge is 0.278 e. The third-order valence-electron chi connectivity index (χ3n) is 6.45. The molecule has 0 spiro atoms. The van der Waals surface area contributed by atoms with Crippen LogP contribution in [0.4, 0.5) is 11.6 Å². The largest absolute Gasteiger partial charge is 0.324 e. The Balaban J connectivity index is 1.63. The summed E-state index contributed by atoms with van der Waals surface area (Å²) in [4.78, 5) is 27.0. The number of nitrogens with zero attached hydrogens (tertiary/aromatic N) is 5. The van der Waals surface area contributed by atoms with Crippen molar-refractivity contribution in [1.82, 2.24) is 29.6 Å². The lowest BCUT2D eigenvalue weighted by molar-refractivity contribution is 0.549. The Labute approximate surface area is 215 Å². The van der Waals surface area contributed by atoms with E-state index in [1.807, 2.05) is 12.1 Å². The molecule has 0 atom stereocenters. The molecule has 1 aliphatic rings. The maximum absolute atomic E-state index is 13.4. The fourth-order valence-electron chi connectivity index (χ4n) is 4.45. The Bertz CT molecular complexity index is 1650. The van der Waals surface area contributed by atoms with Crippen LogP contribution in [-0.4, -0.2) is 51.3 Å². The standard InChI is InChI=1S/C26H31N7O3S/c1-26(2,3)22-14-20(8-10-28-22)33-23-21(24(34)32(33)11-12-37(4,35)36)16-29-25(31-23)30-19-6-5-17-7-9-27-15-18(17)13-19/h5-6,8,10,13-14,16,27H,7,9,11-12,15H2,1-4H3,(H,29,30,31). The molecule has 2 N–H and O–H groups in total.